The number of carbonyl (C=O) groups is 2. The van der Waals surface area contributed by atoms with E-state index in [-0.39, 0.29) is 23.9 Å². The summed E-state index contributed by atoms with van der Waals surface area (Å²) in [6.07, 6.45) is 2.27. The van der Waals surface area contributed by atoms with E-state index in [2.05, 4.69) is 12.2 Å². The summed E-state index contributed by atoms with van der Waals surface area (Å²) in [5.41, 5.74) is 0.238. The summed E-state index contributed by atoms with van der Waals surface area (Å²) in [7, 11) is 0. The molecule has 0 aromatic heterocycles. The number of carboxylic acids is 1. The van der Waals surface area contributed by atoms with Crippen LogP contribution >= 0.6 is 0 Å². The summed E-state index contributed by atoms with van der Waals surface area (Å²) in [6.45, 7) is 6.92. The molecule has 0 saturated heterocycles. The van der Waals surface area contributed by atoms with Gasteiger partial charge in [0.2, 0.25) is 0 Å². The van der Waals surface area contributed by atoms with Crippen LogP contribution in [-0.4, -0.2) is 41.6 Å². The number of nitrogens with zero attached hydrogens (tertiary/aromatic N) is 1. The van der Waals surface area contributed by atoms with Crippen LogP contribution in [0.2, 0.25) is 0 Å². The molecular weight excluding hydrogens is 220 g/mol. The van der Waals surface area contributed by atoms with Crippen molar-refractivity contribution in [2.24, 2.45) is 11.3 Å². The maximum Gasteiger partial charge on any atom is 0.323 e. The monoisotopic (exact) mass is 242 g/mol. The minimum absolute atomic E-state index is 0.235. The van der Waals surface area contributed by atoms with Crippen LogP contribution in [0.3, 0.4) is 0 Å². The van der Waals surface area contributed by atoms with Crippen molar-refractivity contribution < 1.29 is 14.7 Å². The molecule has 1 aliphatic rings. The molecule has 0 heterocycles. The largest absolute Gasteiger partial charge is 0.480 e. The second kappa shape index (κ2) is 5.38. The van der Waals surface area contributed by atoms with E-state index in [1.165, 1.54) is 4.90 Å². The van der Waals surface area contributed by atoms with E-state index in [1.807, 2.05) is 13.8 Å². The molecule has 0 radical (unpaired) electrons. The average molecular weight is 242 g/mol. The first-order chi connectivity index (χ1) is 7.82. The Morgan fingerprint density at radius 3 is 2.41 bits per heavy atom. The molecular formula is C12H22N2O3. The zero-order chi connectivity index (χ0) is 13.1. The Bertz CT molecular complexity index is 298. The van der Waals surface area contributed by atoms with E-state index < -0.39 is 5.97 Å². The molecule has 2 N–H and O–H groups in total. The van der Waals surface area contributed by atoms with Crippen LogP contribution < -0.4 is 5.32 Å². The van der Waals surface area contributed by atoms with Gasteiger partial charge in [-0.3, -0.25) is 4.79 Å². The molecule has 17 heavy (non-hydrogen) atoms. The quantitative estimate of drug-likeness (QED) is 0.742. The normalized spacial score (nSPS) is 16.7. The summed E-state index contributed by atoms with van der Waals surface area (Å²) in [5, 5.41) is 11.6. The molecule has 0 aromatic carbocycles. The van der Waals surface area contributed by atoms with Gasteiger partial charge in [-0.15, -0.1) is 0 Å². The number of amides is 2. The van der Waals surface area contributed by atoms with Gasteiger partial charge in [0.15, 0.2) is 0 Å². The fourth-order valence-corrected chi connectivity index (χ4v) is 1.61. The van der Waals surface area contributed by atoms with Crippen LogP contribution in [0.15, 0.2) is 0 Å². The number of rotatable bonds is 6. The number of hydrogen-bond acceptors (Lipinski definition) is 2. The van der Waals surface area contributed by atoms with E-state index in [9.17, 15) is 9.59 Å². The van der Waals surface area contributed by atoms with Crippen molar-refractivity contribution in [3.05, 3.63) is 0 Å². The predicted molar refractivity (Wildman–Crippen MR) is 64.8 cm³/mol. The minimum atomic E-state index is -0.974. The second-order valence-electron chi connectivity index (χ2n) is 5.64. The third kappa shape index (κ3) is 5.06. The highest BCUT2D eigenvalue weighted by Crippen LogP contribution is 2.44. The van der Waals surface area contributed by atoms with Crippen LogP contribution in [0.4, 0.5) is 4.79 Å². The van der Waals surface area contributed by atoms with Crippen molar-refractivity contribution in [2.45, 2.75) is 33.6 Å². The Hall–Kier alpha value is -1.26. The Balaban J connectivity index is 2.43. The van der Waals surface area contributed by atoms with Gasteiger partial charge in [-0.05, 0) is 24.2 Å². The second-order valence-corrected chi connectivity index (χ2v) is 5.64. The first-order valence-corrected chi connectivity index (χ1v) is 6.07. The third-order valence-corrected chi connectivity index (χ3v) is 2.97. The van der Waals surface area contributed by atoms with Gasteiger partial charge in [-0.1, -0.05) is 20.8 Å². The highest BCUT2D eigenvalue weighted by atomic mass is 16.4. The molecule has 2 amide bonds. The van der Waals surface area contributed by atoms with Crippen LogP contribution in [0.1, 0.15) is 33.6 Å². The highest BCUT2D eigenvalue weighted by molar-refractivity contribution is 5.80. The van der Waals surface area contributed by atoms with Crippen LogP contribution in [0.25, 0.3) is 0 Å². The Labute approximate surface area is 102 Å². The molecule has 5 heteroatoms. The Morgan fingerprint density at radius 1 is 1.41 bits per heavy atom. The maximum absolute atomic E-state index is 11.8. The van der Waals surface area contributed by atoms with Crippen molar-refractivity contribution in [1.82, 2.24) is 10.2 Å². The standard InChI is InChI=1S/C12H22N2O3/c1-9(2)6-14(7-10(15)16)11(17)13-8-12(3)4-5-12/h9H,4-8H2,1-3H3,(H,13,17)(H,15,16). The first kappa shape index (κ1) is 13.8. The molecule has 0 unspecified atom stereocenters. The van der Waals surface area contributed by atoms with Crippen LogP contribution in [0.5, 0.6) is 0 Å². The van der Waals surface area contributed by atoms with Gasteiger partial charge in [0, 0.05) is 13.1 Å². The van der Waals surface area contributed by atoms with Crippen molar-refractivity contribution >= 4 is 12.0 Å². The number of aliphatic carboxylic acids is 1. The number of carboxylic acid groups (broad SMARTS) is 1. The van der Waals surface area contributed by atoms with Gasteiger partial charge in [0.05, 0.1) is 0 Å². The lowest BCUT2D eigenvalue weighted by atomic mass is 10.1. The number of hydrogen-bond donors (Lipinski definition) is 2. The number of urea groups is 1. The molecule has 1 saturated carbocycles. The molecule has 0 aliphatic heterocycles. The van der Waals surface area contributed by atoms with Gasteiger partial charge >= 0.3 is 12.0 Å². The van der Waals surface area contributed by atoms with E-state index in [0.29, 0.717) is 13.1 Å². The third-order valence-electron chi connectivity index (χ3n) is 2.97. The Morgan fingerprint density at radius 2 is 2.00 bits per heavy atom. The van der Waals surface area contributed by atoms with E-state index >= 15 is 0 Å². The van der Waals surface area contributed by atoms with Gasteiger partial charge in [0.25, 0.3) is 0 Å². The fourth-order valence-electron chi connectivity index (χ4n) is 1.61. The van der Waals surface area contributed by atoms with Crippen LogP contribution in [0, 0.1) is 11.3 Å². The number of carbonyl (C=O) groups excluding carboxylic acids is 1. The molecule has 0 spiro atoms. The predicted octanol–water partition coefficient (Wildman–Crippen LogP) is 1.54. The molecule has 1 rings (SSSR count). The van der Waals surface area contributed by atoms with Crippen molar-refractivity contribution in [3.63, 3.8) is 0 Å². The summed E-state index contributed by atoms with van der Waals surface area (Å²) in [6, 6.07) is -0.269. The zero-order valence-corrected chi connectivity index (χ0v) is 10.8. The molecule has 5 nitrogen and oxygen atoms in total. The SMILES string of the molecule is CC(C)CN(CC(=O)O)C(=O)NCC1(C)CC1. The number of nitrogens with one attached hydrogen (secondary N) is 1. The molecule has 0 aromatic rings. The van der Waals surface area contributed by atoms with Gasteiger partial charge in [-0.25, -0.2) is 4.79 Å². The minimum Gasteiger partial charge on any atom is -0.480 e. The van der Waals surface area contributed by atoms with Crippen molar-refractivity contribution in [3.8, 4) is 0 Å². The Kier molecular flexibility index (Phi) is 4.37. The maximum atomic E-state index is 11.8. The van der Waals surface area contributed by atoms with Crippen molar-refractivity contribution in [1.29, 1.82) is 0 Å². The summed E-state index contributed by atoms with van der Waals surface area (Å²) in [4.78, 5) is 23.9. The first-order valence-electron chi connectivity index (χ1n) is 6.07. The zero-order valence-electron chi connectivity index (χ0n) is 10.8. The average Bonchev–Trinajstić information content (AvgIpc) is 2.91. The molecule has 1 aliphatic carbocycles. The van der Waals surface area contributed by atoms with Gasteiger partial charge in [0.1, 0.15) is 6.54 Å². The summed E-state index contributed by atoms with van der Waals surface area (Å²) in [5.74, 6) is -0.713. The van der Waals surface area contributed by atoms with E-state index in [0.717, 1.165) is 12.8 Å². The molecule has 98 valence electrons. The van der Waals surface area contributed by atoms with Gasteiger partial charge in [-0.2, -0.15) is 0 Å². The van der Waals surface area contributed by atoms with Crippen LogP contribution in [-0.2, 0) is 4.79 Å². The lowest BCUT2D eigenvalue weighted by molar-refractivity contribution is -0.137. The fraction of sp³-hybridized carbons (Fsp3) is 0.833. The molecule has 1 fully saturated rings. The lowest BCUT2D eigenvalue weighted by Gasteiger charge is -2.24. The molecule has 0 bridgehead atoms. The summed E-state index contributed by atoms with van der Waals surface area (Å²) >= 11 is 0. The van der Waals surface area contributed by atoms with Gasteiger partial charge < -0.3 is 15.3 Å². The highest BCUT2D eigenvalue weighted by Gasteiger charge is 2.37. The summed E-state index contributed by atoms with van der Waals surface area (Å²) < 4.78 is 0. The lowest BCUT2D eigenvalue weighted by Crippen LogP contribution is -2.45. The topological polar surface area (TPSA) is 69.6 Å². The smallest absolute Gasteiger partial charge is 0.323 e. The van der Waals surface area contributed by atoms with E-state index in [1.54, 1.807) is 0 Å². The van der Waals surface area contributed by atoms with Crippen molar-refractivity contribution in [2.75, 3.05) is 19.6 Å². The van der Waals surface area contributed by atoms with E-state index in [4.69, 9.17) is 5.11 Å². The molecule has 0 atom stereocenters.